The monoisotopic (exact) mass is 523 g/mol. The second kappa shape index (κ2) is 10.6. The van der Waals surface area contributed by atoms with Crippen molar-refractivity contribution < 1.29 is 18.3 Å². The first-order chi connectivity index (χ1) is 16.7. The summed E-state index contributed by atoms with van der Waals surface area (Å²) in [6.45, 7) is 1.51. The van der Waals surface area contributed by atoms with E-state index in [0.717, 1.165) is 25.3 Å². The molecule has 0 unspecified atom stereocenters. The number of benzene rings is 1. The van der Waals surface area contributed by atoms with Crippen LogP contribution in [0.4, 0.5) is 36.9 Å². The lowest BCUT2D eigenvalue weighted by Crippen LogP contribution is -2.50. The average molecular weight is 524 g/mol. The van der Waals surface area contributed by atoms with Gasteiger partial charge in [-0.1, -0.05) is 11.6 Å². The van der Waals surface area contributed by atoms with Crippen LogP contribution in [-0.4, -0.2) is 60.1 Å². The number of hydrogen-bond acceptors (Lipinski definition) is 9. The maximum Gasteiger partial charge on any atom is 0.387 e. The number of carbonyl (C=O) groups is 1. The lowest BCUT2D eigenvalue weighted by molar-refractivity contribution is -0.0493. The van der Waals surface area contributed by atoms with Crippen molar-refractivity contribution in [1.82, 2.24) is 14.9 Å². The van der Waals surface area contributed by atoms with Gasteiger partial charge in [-0.25, -0.2) is 4.98 Å². The highest BCUT2D eigenvalue weighted by molar-refractivity contribution is 7.14. The van der Waals surface area contributed by atoms with Crippen molar-refractivity contribution in [2.75, 3.05) is 42.2 Å². The van der Waals surface area contributed by atoms with Gasteiger partial charge in [-0.3, -0.25) is 4.79 Å². The Hall–Kier alpha value is -3.22. The predicted molar refractivity (Wildman–Crippen MR) is 134 cm³/mol. The molecule has 0 bridgehead atoms. The first kappa shape index (κ1) is 24.9. The molecule has 9 nitrogen and oxygen atoms in total. The quantitative estimate of drug-likeness (QED) is 0.395. The molecule has 35 heavy (non-hydrogen) atoms. The zero-order valence-corrected chi connectivity index (χ0v) is 20.5. The summed E-state index contributed by atoms with van der Waals surface area (Å²) in [5.41, 5.74) is 6.72. The van der Waals surface area contributed by atoms with Gasteiger partial charge >= 0.3 is 6.61 Å². The topological polar surface area (TPSA) is 109 Å². The third kappa shape index (κ3) is 5.89. The van der Waals surface area contributed by atoms with Gasteiger partial charge in [-0.2, -0.15) is 13.8 Å². The summed E-state index contributed by atoms with van der Waals surface area (Å²) in [5.74, 6) is -0.324. The van der Waals surface area contributed by atoms with E-state index < -0.39 is 12.5 Å². The van der Waals surface area contributed by atoms with Gasteiger partial charge in [0.2, 0.25) is 5.95 Å². The number of likely N-dealkylation sites (N-methyl/N-ethyl adjacent to an activating group) is 1. The zero-order chi connectivity index (χ0) is 25.1. The summed E-state index contributed by atoms with van der Waals surface area (Å²) < 4.78 is 31.2. The maximum atomic E-state index is 13.2. The number of nitrogens with zero attached hydrogens (tertiary/aromatic N) is 4. The Balaban J connectivity index is 1.58. The van der Waals surface area contributed by atoms with Crippen molar-refractivity contribution in [1.29, 1.82) is 0 Å². The highest BCUT2D eigenvalue weighted by Gasteiger charge is 2.22. The van der Waals surface area contributed by atoms with Crippen molar-refractivity contribution in [3.05, 3.63) is 46.4 Å². The van der Waals surface area contributed by atoms with Crippen LogP contribution in [0, 0.1) is 0 Å². The Labute approximate surface area is 209 Å². The van der Waals surface area contributed by atoms with Crippen LogP contribution in [0.2, 0.25) is 5.02 Å². The minimum Gasteiger partial charge on any atom is -0.433 e. The van der Waals surface area contributed by atoms with Crippen LogP contribution >= 0.6 is 22.9 Å². The van der Waals surface area contributed by atoms with Gasteiger partial charge in [0.15, 0.2) is 11.6 Å². The van der Waals surface area contributed by atoms with Crippen molar-refractivity contribution in [3.8, 4) is 5.75 Å². The number of rotatable bonds is 8. The van der Waals surface area contributed by atoms with Crippen LogP contribution in [-0.2, 0) is 0 Å². The van der Waals surface area contributed by atoms with Crippen LogP contribution in [0.3, 0.4) is 0 Å². The average Bonchev–Trinajstić information content (AvgIpc) is 3.27. The molecule has 0 saturated carbocycles. The number of piperazine rings is 1. The van der Waals surface area contributed by atoms with Crippen molar-refractivity contribution in [3.63, 3.8) is 0 Å². The van der Waals surface area contributed by atoms with Gasteiger partial charge in [-0.05, 0) is 37.6 Å². The Morgan fingerprint density at radius 1 is 1.31 bits per heavy atom. The fourth-order valence-corrected chi connectivity index (χ4v) is 4.56. The highest BCUT2D eigenvalue weighted by atomic mass is 35.5. The van der Waals surface area contributed by atoms with Gasteiger partial charge in [0.05, 0.1) is 17.4 Å². The molecule has 4 rings (SSSR count). The van der Waals surface area contributed by atoms with Gasteiger partial charge in [0, 0.05) is 37.4 Å². The molecular formula is C22H24ClF2N7O2S. The number of carbonyl (C=O) groups excluding carboxylic acids is 1. The van der Waals surface area contributed by atoms with Gasteiger partial charge in [0.1, 0.15) is 10.0 Å². The molecule has 1 atom stereocenters. The first-order valence-electron chi connectivity index (χ1n) is 10.7. The lowest BCUT2D eigenvalue weighted by atomic mass is 10.1. The molecule has 0 aliphatic carbocycles. The van der Waals surface area contributed by atoms with Crippen molar-refractivity contribution >= 4 is 57.0 Å². The number of thiophene rings is 1. The number of alkyl halides is 2. The SMILES string of the molecule is C[C@H]1CN(c2ccc(Nc3ncc(Cl)c(Nc4sccc4C(N)=O)n3)c(OC(F)F)c2)CCN1C. The number of halogens is 3. The third-order valence-electron chi connectivity index (χ3n) is 5.66. The van der Waals surface area contributed by atoms with E-state index in [4.69, 9.17) is 22.1 Å². The molecule has 4 N–H and O–H groups in total. The largest absolute Gasteiger partial charge is 0.433 e. The number of anilines is 5. The summed E-state index contributed by atoms with van der Waals surface area (Å²) in [4.78, 5) is 24.4. The molecule has 1 fully saturated rings. The van der Waals surface area contributed by atoms with Crippen LogP contribution in [0.1, 0.15) is 17.3 Å². The minimum absolute atomic E-state index is 0.0357. The van der Waals surface area contributed by atoms with E-state index in [9.17, 15) is 13.6 Å². The Morgan fingerprint density at radius 2 is 2.11 bits per heavy atom. The highest BCUT2D eigenvalue weighted by Crippen LogP contribution is 2.35. The van der Waals surface area contributed by atoms with E-state index in [-0.39, 0.29) is 28.2 Å². The number of nitrogens with two attached hydrogens (primary N) is 1. The smallest absolute Gasteiger partial charge is 0.387 e. The van der Waals surface area contributed by atoms with Crippen LogP contribution < -0.4 is 26.0 Å². The molecule has 13 heteroatoms. The molecule has 0 radical (unpaired) electrons. The molecule has 186 valence electrons. The molecule has 3 heterocycles. The summed E-state index contributed by atoms with van der Waals surface area (Å²) in [7, 11) is 2.06. The van der Waals surface area contributed by atoms with E-state index in [0.29, 0.717) is 16.6 Å². The maximum absolute atomic E-state index is 13.2. The lowest BCUT2D eigenvalue weighted by Gasteiger charge is -2.39. The molecule has 1 aliphatic rings. The number of primary amides is 1. The summed E-state index contributed by atoms with van der Waals surface area (Å²) in [5, 5.41) is 8.25. The predicted octanol–water partition coefficient (Wildman–Crippen LogP) is 4.52. The number of aromatic nitrogens is 2. The van der Waals surface area contributed by atoms with E-state index in [1.54, 1.807) is 23.6 Å². The zero-order valence-electron chi connectivity index (χ0n) is 19.0. The van der Waals surface area contributed by atoms with Crippen LogP contribution in [0.15, 0.2) is 35.8 Å². The molecule has 3 aromatic rings. The second-order valence-corrected chi connectivity index (χ2v) is 9.33. The van der Waals surface area contributed by atoms with Gasteiger partial charge in [0.25, 0.3) is 5.91 Å². The Kier molecular flexibility index (Phi) is 7.53. The van der Waals surface area contributed by atoms with E-state index in [1.165, 1.54) is 17.5 Å². The number of ether oxygens (including phenoxy) is 1. The molecule has 1 saturated heterocycles. The minimum atomic E-state index is -3.01. The van der Waals surface area contributed by atoms with E-state index in [1.807, 2.05) is 6.07 Å². The van der Waals surface area contributed by atoms with E-state index in [2.05, 4.69) is 44.4 Å². The molecule has 1 amide bonds. The fraction of sp³-hybridized carbons (Fsp3) is 0.318. The van der Waals surface area contributed by atoms with Crippen molar-refractivity contribution in [2.45, 2.75) is 19.6 Å². The molecular weight excluding hydrogens is 500 g/mol. The van der Waals surface area contributed by atoms with E-state index >= 15 is 0 Å². The van der Waals surface area contributed by atoms with Crippen LogP contribution in [0.25, 0.3) is 0 Å². The normalized spacial score (nSPS) is 16.4. The summed E-state index contributed by atoms with van der Waals surface area (Å²) >= 11 is 7.47. The van der Waals surface area contributed by atoms with Gasteiger partial charge < -0.3 is 30.9 Å². The standard InChI is InChI=1S/C22H24ClF2N7O2S/c1-12-11-32(7-6-31(12)2)13-3-4-16(17(9-13)34-21(24)25)28-22-27-10-15(23)19(30-22)29-20-14(18(26)33)5-8-35-20/h3-5,8-10,12,21H,6-7,11H2,1-2H3,(H2,26,33)(H2,27,28,29,30)/t12-/m0/s1. The Bertz CT molecular complexity index is 1210. The summed E-state index contributed by atoms with van der Waals surface area (Å²) in [6, 6.07) is 6.96. The molecule has 2 aromatic heterocycles. The Morgan fingerprint density at radius 3 is 2.83 bits per heavy atom. The van der Waals surface area contributed by atoms with Crippen LogP contribution in [0.5, 0.6) is 5.75 Å². The molecule has 1 aliphatic heterocycles. The number of hydrogen-bond donors (Lipinski definition) is 3. The fourth-order valence-electron chi connectivity index (χ4n) is 3.63. The second-order valence-electron chi connectivity index (χ2n) is 8.00. The molecule has 1 aromatic carbocycles. The van der Waals surface area contributed by atoms with Gasteiger partial charge in [-0.15, -0.1) is 11.3 Å². The number of amides is 1. The first-order valence-corrected chi connectivity index (χ1v) is 11.9. The summed E-state index contributed by atoms with van der Waals surface area (Å²) in [6.07, 6.45) is 1.35. The number of nitrogens with one attached hydrogen (secondary N) is 2. The van der Waals surface area contributed by atoms with Crippen molar-refractivity contribution in [2.24, 2.45) is 5.73 Å². The molecule has 0 spiro atoms. The third-order valence-corrected chi connectivity index (χ3v) is 6.77.